The van der Waals surface area contributed by atoms with Crippen molar-refractivity contribution < 1.29 is 0 Å². The monoisotopic (exact) mass is 620 g/mol. The lowest BCUT2D eigenvalue weighted by Gasteiger charge is -2.48. The molecule has 8 aromatic rings. The van der Waals surface area contributed by atoms with Crippen molar-refractivity contribution in [2.24, 2.45) is 0 Å². The van der Waals surface area contributed by atoms with E-state index >= 15 is 0 Å². The number of hydrogen-bond donors (Lipinski definition) is 0. The van der Waals surface area contributed by atoms with E-state index in [2.05, 4.69) is 152 Å². The highest BCUT2D eigenvalue weighted by Crippen LogP contribution is 2.67. The van der Waals surface area contributed by atoms with Gasteiger partial charge in [-0.1, -0.05) is 133 Å². The number of hydrogen-bond acceptors (Lipinski definition) is 1. The zero-order chi connectivity index (χ0) is 30.2. The molecule has 0 fully saturated rings. The van der Waals surface area contributed by atoms with Gasteiger partial charge in [0.25, 0.3) is 0 Å². The fraction of sp³-hybridized carbons (Fsp3) is 0.0455. The third-order valence-electron chi connectivity index (χ3n) is 11.0. The molecule has 46 heavy (non-hydrogen) atoms. The van der Waals surface area contributed by atoms with E-state index in [0.717, 1.165) is 5.02 Å². The van der Waals surface area contributed by atoms with E-state index < -0.39 is 10.8 Å². The smallest absolute Gasteiger partial charge is 0.0720 e. The molecule has 0 N–H and O–H groups in total. The van der Waals surface area contributed by atoms with Crippen molar-refractivity contribution in [1.82, 2.24) is 0 Å². The molecular formula is C44H25ClS. The minimum Gasteiger partial charge on any atom is -0.135 e. The molecule has 2 spiro atoms. The van der Waals surface area contributed by atoms with Crippen LogP contribution in [0.15, 0.2) is 152 Å². The van der Waals surface area contributed by atoms with E-state index in [1.165, 1.54) is 86.9 Å². The summed E-state index contributed by atoms with van der Waals surface area (Å²) in [6.07, 6.45) is 0. The molecule has 3 aliphatic rings. The molecule has 2 heteroatoms. The van der Waals surface area contributed by atoms with Crippen molar-refractivity contribution in [2.45, 2.75) is 10.8 Å². The van der Waals surface area contributed by atoms with Gasteiger partial charge >= 0.3 is 0 Å². The first-order valence-corrected chi connectivity index (χ1v) is 17.1. The average molecular weight is 621 g/mol. The quantitative estimate of drug-likeness (QED) is 0.158. The third-order valence-corrected chi connectivity index (χ3v) is 12.4. The van der Waals surface area contributed by atoms with Crippen LogP contribution in [-0.4, -0.2) is 0 Å². The van der Waals surface area contributed by atoms with E-state index in [0.29, 0.717) is 0 Å². The van der Waals surface area contributed by atoms with Crippen molar-refractivity contribution in [3.8, 4) is 22.3 Å². The Morgan fingerprint density at radius 1 is 0.348 bits per heavy atom. The number of benzene rings is 7. The zero-order valence-corrected chi connectivity index (χ0v) is 26.3. The Morgan fingerprint density at radius 2 is 0.826 bits per heavy atom. The maximum absolute atomic E-state index is 6.82. The molecule has 0 amide bonds. The summed E-state index contributed by atoms with van der Waals surface area (Å²) in [6, 6.07) is 57.0. The Hall–Kier alpha value is -4.95. The first-order valence-electron chi connectivity index (χ1n) is 15.9. The average Bonchev–Trinajstić information content (AvgIpc) is 3.71. The van der Waals surface area contributed by atoms with Gasteiger partial charge in [0.05, 0.1) is 10.8 Å². The highest BCUT2D eigenvalue weighted by molar-refractivity contribution is 7.25. The minimum atomic E-state index is -0.496. The molecule has 7 aromatic carbocycles. The molecule has 0 saturated heterocycles. The number of rotatable bonds is 0. The Kier molecular flexibility index (Phi) is 4.75. The highest BCUT2D eigenvalue weighted by atomic mass is 35.5. The van der Waals surface area contributed by atoms with Crippen LogP contribution in [0.3, 0.4) is 0 Å². The van der Waals surface area contributed by atoms with Crippen LogP contribution in [-0.2, 0) is 10.8 Å². The van der Waals surface area contributed by atoms with Gasteiger partial charge < -0.3 is 0 Å². The Labute approximate surface area is 276 Å². The summed E-state index contributed by atoms with van der Waals surface area (Å²) in [6.45, 7) is 0. The highest BCUT2D eigenvalue weighted by Gasteiger charge is 2.58. The standard InChI is InChI=1S/C44H25ClS/c45-26-21-22-35-30(23-26)31-24-32-29-13-3-10-20-41(29)46-42(32)25-40(31)44(35)38-18-8-6-16-36(38)43(37-17-7-9-19-39(37)44)33-14-4-1-11-27(33)28-12-2-5-15-34(28)43/h1-25H. The van der Waals surface area contributed by atoms with Gasteiger partial charge in [-0.05, 0) is 97.1 Å². The van der Waals surface area contributed by atoms with Gasteiger partial charge in [-0.2, -0.15) is 0 Å². The molecule has 1 aromatic heterocycles. The SMILES string of the molecule is Clc1ccc2c(c1)-c1cc3c(cc1C21c2ccccc2C2(c4ccccc4-c4ccccc42)c2ccccc21)sc1ccccc13. The molecule has 0 aliphatic heterocycles. The number of halogens is 1. The van der Waals surface area contributed by atoms with Crippen LogP contribution in [0.5, 0.6) is 0 Å². The summed E-state index contributed by atoms with van der Waals surface area (Å²) < 4.78 is 2.65. The summed E-state index contributed by atoms with van der Waals surface area (Å²) in [5.41, 5.74) is 15.0. The second-order valence-electron chi connectivity index (χ2n) is 12.9. The summed E-state index contributed by atoms with van der Waals surface area (Å²) in [5.74, 6) is 0. The van der Waals surface area contributed by atoms with Crippen LogP contribution in [0.25, 0.3) is 42.4 Å². The molecule has 214 valence electrons. The van der Waals surface area contributed by atoms with E-state index in [9.17, 15) is 0 Å². The van der Waals surface area contributed by atoms with Gasteiger partial charge in [-0.25, -0.2) is 0 Å². The van der Waals surface area contributed by atoms with Crippen LogP contribution >= 0.6 is 22.9 Å². The first-order chi connectivity index (χ1) is 22.7. The second-order valence-corrected chi connectivity index (χ2v) is 14.4. The van der Waals surface area contributed by atoms with Crippen molar-refractivity contribution in [1.29, 1.82) is 0 Å². The molecule has 0 bridgehead atoms. The number of thiophene rings is 1. The van der Waals surface area contributed by atoms with E-state index in [4.69, 9.17) is 11.6 Å². The van der Waals surface area contributed by atoms with Gasteiger partial charge in [-0.3, -0.25) is 0 Å². The molecule has 11 rings (SSSR count). The lowest BCUT2D eigenvalue weighted by atomic mass is 9.52. The number of fused-ring (bicyclic) bond motifs is 19. The van der Waals surface area contributed by atoms with Crippen molar-refractivity contribution in [2.75, 3.05) is 0 Å². The van der Waals surface area contributed by atoms with Crippen molar-refractivity contribution in [3.05, 3.63) is 201 Å². The molecule has 0 unspecified atom stereocenters. The molecule has 0 nitrogen and oxygen atoms in total. The van der Waals surface area contributed by atoms with Crippen LogP contribution in [0.2, 0.25) is 5.02 Å². The fourth-order valence-electron chi connectivity index (χ4n) is 9.48. The largest absolute Gasteiger partial charge is 0.135 e. The maximum Gasteiger partial charge on any atom is 0.0720 e. The lowest BCUT2D eigenvalue weighted by molar-refractivity contribution is 0.633. The normalized spacial score (nSPS) is 15.4. The Morgan fingerprint density at radius 3 is 1.46 bits per heavy atom. The maximum atomic E-state index is 6.82. The van der Waals surface area contributed by atoms with Crippen LogP contribution in [0, 0.1) is 0 Å². The van der Waals surface area contributed by atoms with Crippen molar-refractivity contribution >= 4 is 43.1 Å². The fourth-order valence-corrected chi connectivity index (χ4v) is 10.8. The van der Waals surface area contributed by atoms with Crippen LogP contribution in [0.1, 0.15) is 44.5 Å². The topological polar surface area (TPSA) is 0 Å². The van der Waals surface area contributed by atoms with E-state index in [1.54, 1.807) is 0 Å². The summed E-state index contributed by atoms with van der Waals surface area (Å²) in [7, 11) is 0. The van der Waals surface area contributed by atoms with E-state index in [1.807, 2.05) is 11.3 Å². The molecule has 1 heterocycles. The summed E-state index contributed by atoms with van der Waals surface area (Å²) in [4.78, 5) is 0. The summed E-state index contributed by atoms with van der Waals surface area (Å²) in [5, 5.41) is 3.40. The van der Waals surface area contributed by atoms with Gasteiger partial charge in [0.2, 0.25) is 0 Å². The van der Waals surface area contributed by atoms with Crippen molar-refractivity contribution in [3.63, 3.8) is 0 Å². The third kappa shape index (κ3) is 2.76. The zero-order valence-electron chi connectivity index (χ0n) is 24.7. The minimum absolute atomic E-state index is 0.428. The Balaban J connectivity index is 1.36. The van der Waals surface area contributed by atoms with Gasteiger partial charge in [0.1, 0.15) is 0 Å². The van der Waals surface area contributed by atoms with Gasteiger partial charge in [0, 0.05) is 25.2 Å². The first kappa shape index (κ1) is 25.3. The van der Waals surface area contributed by atoms with Gasteiger partial charge in [-0.15, -0.1) is 11.3 Å². The van der Waals surface area contributed by atoms with Gasteiger partial charge in [0.15, 0.2) is 0 Å². The second kappa shape index (κ2) is 8.65. The van der Waals surface area contributed by atoms with E-state index in [-0.39, 0.29) is 0 Å². The predicted octanol–water partition coefficient (Wildman–Crippen LogP) is 11.7. The van der Waals surface area contributed by atoms with Crippen LogP contribution in [0.4, 0.5) is 0 Å². The van der Waals surface area contributed by atoms with Crippen LogP contribution < -0.4 is 0 Å². The molecule has 0 radical (unpaired) electrons. The molecule has 0 atom stereocenters. The summed E-state index contributed by atoms with van der Waals surface area (Å²) >= 11 is 8.72. The molecular weight excluding hydrogens is 596 g/mol. The molecule has 0 saturated carbocycles. The predicted molar refractivity (Wildman–Crippen MR) is 193 cm³/mol. The Bertz CT molecular complexity index is 2530. The lowest BCUT2D eigenvalue weighted by Crippen LogP contribution is -2.43. The molecule has 3 aliphatic carbocycles.